The molecule has 2 fully saturated rings. The molecule has 2 amide bonds. The fraction of sp³-hybridized carbons (Fsp3) is 0.545. The molecule has 0 atom stereocenters. The van der Waals surface area contributed by atoms with Crippen LogP contribution in [0.4, 0.5) is 0 Å². The zero-order valence-corrected chi connectivity index (χ0v) is 15.8. The molecule has 0 aromatic heterocycles. The molecular weight excluding hydrogens is 324 g/mol. The summed E-state index contributed by atoms with van der Waals surface area (Å²) in [6.07, 6.45) is 8.39. The minimum atomic E-state index is -0.227. The van der Waals surface area contributed by atoms with Crippen molar-refractivity contribution in [2.24, 2.45) is 5.92 Å². The summed E-state index contributed by atoms with van der Waals surface area (Å²) < 4.78 is 0. The monoisotopic (exact) mass is 354 g/mol. The van der Waals surface area contributed by atoms with E-state index in [9.17, 15) is 9.59 Å². The molecule has 1 aromatic rings. The molecular formula is C22H30N2O2. The smallest absolute Gasteiger partial charge is 0.245 e. The van der Waals surface area contributed by atoms with Gasteiger partial charge in [-0.05, 0) is 49.8 Å². The van der Waals surface area contributed by atoms with Gasteiger partial charge < -0.3 is 10.2 Å². The van der Waals surface area contributed by atoms with Gasteiger partial charge in [0.1, 0.15) is 0 Å². The molecule has 140 valence electrons. The van der Waals surface area contributed by atoms with Crippen molar-refractivity contribution < 1.29 is 9.59 Å². The van der Waals surface area contributed by atoms with Crippen molar-refractivity contribution in [3.8, 4) is 0 Å². The van der Waals surface area contributed by atoms with Gasteiger partial charge in [0.2, 0.25) is 11.8 Å². The zero-order valence-electron chi connectivity index (χ0n) is 15.8. The Morgan fingerprint density at radius 1 is 1.15 bits per heavy atom. The number of carbonyl (C=O) groups is 2. The molecule has 0 bridgehead atoms. The van der Waals surface area contributed by atoms with Crippen LogP contribution in [-0.2, 0) is 15.1 Å². The minimum Gasteiger partial charge on any atom is -0.346 e. The Labute approximate surface area is 156 Å². The Hall–Kier alpha value is -2.10. The molecule has 4 heteroatoms. The largest absolute Gasteiger partial charge is 0.346 e. The van der Waals surface area contributed by atoms with Gasteiger partial charge in [-0.25, -0.2) is 0 Å². The van der Waals surface area contributed by atoms with Crippen LogP contribution in [0, 0.1) is 12.8 Å². The third kappa shape index (κ3) is 3.84. The first kappa shape index (κ1) is 18.7. The molecule has 3 rings (SSSR count). The summed E-state index contributed by atoms with van der Waals surface area (Å²) in [5, 5.41) is 3.45. The highest BCUT2D eigenvalue weighted by molar-refractivity contribution is 5.87. The van der Waals surface area contributed by atoms with E-state index in [4.69, 9.17) is 0 Å². The van der Waals surface area contributed by atoms with Crippen LogP contribution in [0.3, 0.4) is 0 Å². The van der Waals surface area contributed by atoms with Crippen LogP contribution < -0.4 is 5.32 Å². The van der Waals surface area contributed by atoms with Crippen LogP contribution in [-0.4, -0.2) is 29.8 Å². The predicted octanol–water partition coefficient (Wildman–Crippen LogP) is 3.70. The van der Waals surface area contributed by atoms with Crippen molar-refractivity contribution in [1.29, 1.82) is 0 Å². The first-order chi connectivity index (χ1) is 12.6. The van der Waals surface area contributed by atoms with Gasteiger partial charge in [-0.3, -0.25) is 9.59 Å². The number of rotatable bonds is 4. The summed E-state index contributed by atoms with van der Waals surface area (Å²) in [7, 11) is 0. The van der Waals surface area contributed by atoms with Gasteiger partial charge in [0.25, 0.3) is 0 Å². The number of likely N-dealkylation sites (tertiary alicyclic amines) is 1. The summed E-state index contributed by atoms with van der Waals surface area (Å²) in [6, 6.07) is 8.44. The molecule has 1 aliphatic carbocycles. The molecule has 1 saturated heterocycles. The van der Waals surface area contributed by atoms with Crippen LogP contribution in [0.25, 0.3) is 0 Å². The lowest BCUT2D eigenvalue weighted by atomic mass is 9.74. The molecule has 2 aliphatic rings. The molecule has 0 unspecified atom stereocenters. The van der Waals surface area contributed by atoms with E-state index in [0.29, 0.717) is 13.1 Å². The van der Waals surface area contributed by atoms with Crippen LogP contribution in [0.2, 0.25) is 0 Å². The van der Waals surface area contributed by atoms with Gasteiger partial charge in [-0.1, -0.05) is 50.1 Å². The van der Waals surface area contributed by atoms with E-state index in [2.05, 4.69) is 43.1 Å². The Balaban J connectivity index is 1.72. The van der Waals surface area contributed by atoms with Crippen LogP contribution in [0.5, 0.6) is 0 Å². The SMILES string of the molecule is C=CC(=O)N1CCC(C(=O)NC2(c3ccccc3C)CCCCC2)CC1. The fourth-order valence-corrected chi connectivity index (χ4v) is 4.56. The van der Waals surface area contributed by atoms with Gasteiger partial charge in [0.05, 0.1) is 5.54 Å². The van der Waals surface area contributed by atoms with Gasteiger partial charge >= 0.3 is 0 Å². The van der Waals surface area contributed by atoms with Crippen molar-refractivity contribution in [3.63, 3.8) is 0 Å². The average molecular weight is 354 g/mol. The molecule has 1 aliphatic heterocycles. The van der Waals surface area contributed by atoms with Crippen molar-refractivity contribution in [1.82, 2.24) is 10.2 Å². The summed E-state index contributed by atoms with van der Waals surface area (Å²) in [5.74, 6) is 0.111. The molecule has 1 heterocycles. The highest BCUT2D eigenvalue weighted by Gasteiger charge is 2.38. The normalized spacial score (nSPS) is 20.4. The Kier molecular flexibility index (Phi) is 5.80. The highest BCUT2D eigenvalue weighted by Crippen LogP contribution is 2.39. The lowest BCUT2D eigenvalue weighted by Crippen LogP contribution is -2.51. The third-order valence-corrected chi connectivity index (χ3v) is 6.08. The van der Waals surface area contributed by atoms with E-state index < -0.39 is 0 Å². The lowest BCUT2D eigenvalue weighted by molar-refractivity contribution is -0.133. The van der Waals surface area contributed by atoms with Crippen LogP contribution >= 0.6 is 0 Å². The van der Waals surface area contributed by atoms with E-state index in [1.165, 1.54) is 23.6 Å². The van der Waals surface area contributed by atoms with Crippen molar-refractivity contribution in [2.45, 2.75) is 57.4 Å². The number of nitrogens with one attached hydrogen (secondary N) is 1. The molecule has 1 N–H and O–H groups in total. The van der Waals surface area contributed by atoms with Crippen molar-refractivity contribution >= 4 is 11.8 Å². The minimum absolute atomic E-state index is 0.00770. The zero-order chi connectivity index (χ0) is 18.6. The van der Waals surface area contributed by atoms with E-state index in [1.807, 2.05) is 0 Å². The number of hydrogen-bond donors (Lipinski definition) is 1. The van der Waals surface area contributed by atoms with Gasteiger partial charge in [-0.15, -0.1) is 0 Å². The third-order valence-electron chi connectivity index (χ3n) is 6.08. The second-order valence-corrected chi connectivity index (χ2v) is 7.75. The number of benzene rings is 1. The predicted molar refractivity (Wildman–Crippen MR) is 104 cm³/mol. The molecule has 1 saturated carbocycles. The average Bonchev–Trinajstić information content (AvgIpc) is 2.68. The number of amides is 2. The summed E-state index contributed by atoms with van der Waals surface area (Å²) >= 11 is 0. The van der Waals surface area contributed by atoms with E-state index >= 15 is 0 Å². The van der Waals surface area contributed by atoms with Crippen LogP contribution in [0.15, 0.2) is 36.9 Å². The molecule has 0 spiro atoms. The van der Waals surface area contributed by atoms with E-state index in [0.717, 1.165) is 38.5 Å². The second kappa shape index (κ2) is 8.07. The van der Waals surface area contributed by atoms with Crippen molar-refractivity contribution in [2.75, 3.05) is 13.1 Å². The first-order valence-electron chi connectivity index (χ1n) is 9.85. The maximum atomic E-state index is 13.1. The Morgan fingerprint density at radius 2 is 1.81 bits per heavy atom. The Morgan fingerprint density at radius 3 is 2.42 bits per heavy atom. The first-order valence-corrected chi connectivity index (χ1v) is 9.85. The maximum Gasteiger partial charge on any atom is 0.245 e. The van der Waals surface area contributed by atoms with E-state index in [-0.39, 0.29) is 23.3 Å². The highest BCUT2D eigenvalue weighted by atomic mass is 16.2. The van der Waals surface area contributed by atoms with Gasteiger partial charge in [0, 0.05) is 19.0 Å². The number of carbonyl (C=O) groups excluding carboxylic acids is 2. The Bertz CT molecular complexity index is 668. The number of nitrogens with zero attached hydrogens (tertiary/aromatic N) is 1. The molecule has 1 aromatic carbocycles. The maximum absolute atomic E-state index is 13.1. The van der Waals surface area contributed by atoms with Crippen molar-refractivity contribution in [3.05, 3.63) is 48.0 Å². The van der Waals surface area contributed by atoms with Gasteiger partial charge in [0.15, 0.2) is 0 Å². The quantitative estimate of drug-likeness (QED) is 0.838. The number of aryl methyl sites for hydroxylation is 1. The summed E-state index contributed by atoms with van der Waals surface area (Å²) in [5.41, 5.74) is 2.29. The molecule has 0 radical (unpaired) electrons. The standard InChI is InChI=1S/C22H30N2O2/c1-3-20(25)24-15-11-18(12-16-24)21(26)23-22(13-7-4-8-14-22)19-10-6-5-9-17(19)2/h3,5-6,9-10,18H,1,4,7-8,11-16H2,2H3,(H,23,26). The topological polar surface area (TPSA) is 49.4 Å². The summed E-state index contributed by atoms with van der Waals surface area (Å²) in [4.78, 5) is 26.6. The molecule has 4 nitrogen and oxygen atoms in total. The summed E-state index contributed by atoms with van der Waals surface area (Å²) in [6.45, 7) is 6.96. The van der Waals surface area contributed by atoms with Gasteiger partial charge in [-0.2, -0.15) is 0 Å². The second-order valence-electron chi connectivity index (χ2n) is 7.75. The fourth-order valence-electron chi connectivity index (χ4n) is 4.56. The molecule has 26 heavy (non-hydrogen) atoms. The van der Waals surface area contributed by atoms with Crippen LogP contribution in [0.1, 0.15) is 56.1 Å². The number of piperidine rings is 1. The lowest BCUT2D eigenvalue weighted by Gasteiger charge is -2.41. The van der Waals surface area contributed by atoms with E-state index in [1.54, 1.807) is 4.90 Å². The number of hydrogen-bond acceptors (Lipinski definition) is 2.